The normalized spacial score (nSPS) is 13.5. The highest BCUT2D eigenvalue weighted by molar-refractivity contribution is 6.34. The SMILES string of the molecule is Cc1nnnn1-c1ccc(N2C(=O)c3ccccc3C2=O)cc1. The summed E-state index contributed by atoms with van der Waals surface area (Å²) in [4.78, 5) is 26.1. The van der Waals surface area contributed by atoms with E-state index in [1.165, 1.54) is 4.90 Å². The maximum Gasteiger partial charge on any atom is 0.266 e. The molecule has 2 heterocycles. The van der Waals surface area contributed by atoms with Gasteiger partial charge >= 0.3 is 0 Å². The molecule has 1 aliphatic rings. The molecule has 4 rings (SSSR count). The van der Waals surface area contributed by atoms with E-state index in [2.05, 4.69) is 15.5 Å². The van der Waals surface area contributed by atoms with Crippen molar-refractivity contribution in [2.45, 2.75) is 6.92 Å². The third kappa shape index (κ3) is 1.94. The van der Waals surface area contributed by atoms with Crippen LogP contribution >= 0.6 is 0 Å². The highest BCUT2D eigenvalue weighted by Crippen LogP contribution is 2.28. The summed E-state index contributed by atoms with van der Waals surface area (Å²) in [6.45, 7) is 1.79. The van der Waals surface area contributed by atoms with Crippen LogP contribution in [-0.4, -0.2) is 32.0 Å². The van der Waals surface area contributed by atoms with Crippen molar-refractivity contribution in [3.05, 3.63) is 65.5 Å². The fourth-order valence-corrected chi connectivity index (χ4v) is 2.64. The molecule has 7 nitrogen and oxygen atoms in total. The third-order valence-corrected chi connectivity index (χ3v) is 3.77. The second kappa shape index (κ2) is 4.84. The fraction of sp³-hybridized carbons (Fsp3) is 0.0625. The van der Waals surface area contributed by atoms with E-state index in [1.807, 2.05) is 0 Å². The molecule has 1 aromatic heterocycles. The first-order valence-corrected chi connectivity index (χ1v) is 7.00. The number of amides is 2. The Hall–Kier alpha value is -3.35. The maximum atomic E-state index is 12.4. The smallest absolute Gasteiger partial charge is 0.266 e. The predicted octanol–water partition coefficient (Wildman–Crippen LogP) is 1.77. The van der Waals surface area contributed by atoms with Gasteiger partial charge in [-0.15, -0.1) is 5.10 Å². The van der Waals surface area contributed by atoms with Crippen molar-refractivity contribution in [3.63, 3.8) is 0 Å². The number of hydrogen-bond donors (Lipinski definition) is 0. The minimum Gasteiger partial charge on any atom is -0.268 e. The molecule has 0 fully saturated rings. The molecule has 2 amide bonds. The molecular weight excluding hydrogens is 294 g/mol. The molecule has 0 radical (unpaired) electrons. The summed E-state index contributed by atoms with van der Waals surface area (Å²) in [6.07, 6.45) is 0. The second-order valence-corrected chi connectivity index (χ2v) is 5.15. The van der Waals surface area contributed by atoms with E-state index in [0.29, 0.717) is 22.6 Å². The van der Waals surface area contributed by atoms with E-state index in [4.69, 9.17) is 0 Å². The van der Waals surface area contributed by atoms with E-state index in [-0.39, 0.29) is 11.8 Å². The van der Waals surface area contributed by atoms with Crippen molar-refractivity contribution in [2.24, 2.45) is 0 Å². The van der Waals surface area contributed by atoms with Gasteiger partial charge < -0.3 is 0 Å². The first kappa shape index (κ1) is 13.3. The van der Waals surface area contributed by atoms with Crippen molar-refractivity contribution in [1.29, 1.82) is 0 Å². The number of aromatic nitrogens is 4. The molecule has 112 valence electrons. The van der Waals surface area contributed by atoms with Crippen LogP contribution in [0.15, 0.2) is 48.5 Å². The van der Waals surface area contributed by atoms with E-state index >= 15 is 0 Å². The van der Waals surface area contributed by atoms with Crippen LogP contribution in [0.1, 0.15) is 26.5 Å². The number of anilines is 1. The van der Waals surface area contributed by atoms with Crippen LogP contribution in [0.3, 0.4) is 0 Å². The van der Waals surface area contributed by atoms with Crippen LogP contribution in [0.5, 0.6) is 0 Å². The molecule has 0 spiro atoms. The molecule has 2 aromatic carbocycles. The number of aryl methyl sites for hydroxylation is 1. The first-order valence-electron chi connectivity index (χ1n) is 7.00. The van der Waals surface area contributed by atoms with Crippen molar-refractivity contribution in [1.82, 2.24) is 20.2 Å². The number of hydrogen-bond acceptors (Lipinski definition) is 5. The summed E-state index contributed by atoms with van der Waals surface area (Å²) in [5.41, 5.74) is 2.13. The van der Waals surface area contributed by atoms with E-state index in [1.54, 1.807) is 60.1 Å². The second-order valence-electron chi connectivity index (χ2n) is 5.15. The lowest BCUT2D eigenvalue weighted by Gasteiger charge is -2.14. The number of tetrazole rings is 1. The Bertz CT molecular complexity index is 895. The monoisotopic (exact) mass is 305 g/mol. The minimum atomic E-state index is -0.308. The lowest BCUT2D eigenvalue weighted by Crippen LogP contribution is -2.29. The van der Waals surface area contributed by atoms with Crippen molar-refractivity contribution < 1.29 is 9.59 Å². The van der Waals surface area contributed by atoms with E-state index < -0.39 is 0 Å². The van der Waals surface area contributed by atoms with Gasteiger partial charge in [0.15, 0.2) is 5.82 Å². The number of rotatable bonds is 2. The Morgan fingerprint density at radius 3 is 1.91 bits per heavy atom. The average molecular weight is 305 g/mol. The molecule has 0 unspecified atom stereocenters. The summed E-state index contributed by atoms with van der Waals surface area (Å²) in [7, 11) is 0. The Morgan fingerprint density at radius 2 is 1.39 bits per heavy atom. The number of nitrogens with zero attached hydrogens (tertiary/aromatic N) is 5. The van der Waals surface area contributed by atoms with Crippen molar-refractivity contribution in [2.75, 3.05) is 4.90 Å². The zero-order chi connectivity index (χ0) is 16.0. The predicted molar refractivity (Wildman–Crippen MR) is 81.5 cm³/mol. The number of imide groups is 1. The van der Waals surface area contributed by atoms with Gasteiger partial charge in [-0.05, 0) is 53.7 Å². The Morgan fingerprint density at radius 1 is 0.826 bits per heavy atom. The molecule has 0 saturated carbocycles. The Labute approximate surface area is 131 Å². The van der Waals surface area contributed by atoms with Crippen LogP contribution in [0.25, 0.3) is 5.69 Å². The Balaban J connectivity index is 1.71. The van der Waals surface area contributed by atoms with Gasteiger partial charge in [0.05, 0.1) is 22.5 Å². The highest BCUT2D eigenvalue weighted by Gasteiger charge is 2.36. The van der Waals surface area contributed by atoms with Gasteiger partial charge in [-0.3, -0.25) is 9.59 Å². The van der Waals surface area contributed by atoms with Crippen molar-refractivity contribution >= 4 is 17.5 Å². The Kier molecular flexibility index (Phi) is 2.80. The zero-order valence-corrected chi connectivity index (χ0v) is 12.2. The lowest BCUT2D eigenvalue weighted by atomic mass is 10.1. The fourth-order valence-electron chi connectivity index (χ4n) is 2.64. The van der Waals surface area contributed by atoms with Gasteiger partial charge in [-0.1, -0.05) is 12.1 Å². The molecule has 0 N–H and O–H groups in total. The summed E-state index contributed by atoms with van der Waals surface area (Å²) >= 11 is 0. The molecule has 7 heteroatoms. The summed E-state index contributed by atoms with van der Waals surface area (Å²) in [5, 5.41) is 11.3. The van der Waals surface area contributed by atoms with Crippen LogP contribution in [0.2, 0.25) is 0 Å². The summed E-state index contributed by atoms with van der Waals surface area (Å²) in [6, 6.07) is 13.8. The van der Waals surface area contributed by atoms with Crippen LogP contribution < -0.4 is 4.90 Å². The standard InChI is InChI=1S/C16H11N5O2/c1-10-17-18-19-21(10)12-8-6-11(7-9-12)20-15(22)13-4-2-3-5-14(13)16(20)23/h2-9H,1H3. The van der Waals surface area contributed by atoms with E-state index in [0.717, 1.165) is 5.69 Å². The van der Waals surface area contributed by atoms with Crippen LogP contribution in [-0.2, 0) is 0 Å². The lowest BCUT2D eigenvalue weighted by molar-refractivity contribution is 0.0926. The van der Waals surface area contributed by atoms with E-state index in [9.17, 15) is 9.59 Å². The molecule has 0 bridgehead atoms. The minimum absolute atomic E-state index is 0.308. The zero-order valence-electron chi connectivity index (χ0n) is 12.2. The topological polar surface area (TPSA) is 81.0 Å². The first-order chi connectivity index (χ1) is 11.2. The molecule has 1 aliphatic heterocycles. The number of carbonyl (C=O) groups excluding carboxylic acids is 2. The van der Waals surface area contributed by atoms with Gasteiger partial charge in [0.1, 0.15) is 0 Å². The highest BCUT2D eigenvalue weighted by atomic mass is 16.2. The molecule has 0 aliphatic carbocycles. The van der Waals surface area contributed by atoms with Crippen LogP contribution in [0.4, 0.5) is 5.69 Å². The maximum absolute atomic E-state index is 12.4. The number of fused-ring (bicyclic) bond motifs is 1. The average Bonchev–Trinajstić information content (AvgIpc) is 3.11. The van der Waals surface area contributed by atoms with Crippen LogP contribution in [0, 0.1) is 6.92 Å². The molecule has 3 aromatic rings. The van der Waals surface area contributed by atoms with Gasteiger partial charge in [-0.2, -0.15) is 4.68 Å². The molecular formula is C16H11N5O2. The molecule has 0 atom stereocenters. The van der Waals surface area contributed by atoms with Gasteiger partial charge in [0.25, 0.3) is 11.8 Å². The largest absolute Gasteiger partial charge is 0.268 e. The molecule has 0 saturated heterocycles. The van der Waals surface area contributed by atoms with Gasteiger partial charge in [0.2, 0.25) is 0 Å². The third-order valence-electron chi connectivity index (χ3n) is 3.77. The molecule has 23 heavy (non-hydrogen) atoms. The van der Waals surface area contributed by atoms with Gasteiger partial charge in [0, 0.05) is 0 Å². The van der Waals surface area contributed by atoms with Gasteiger partial charge in [-0.25, -0.2) is 4.90 Å². The summed E-state index contributed by atoms with van der Waals surface area (Å²) in [5.74, 6) is 0.0346. The summed E-state index contributed by atoms with van der Waals surface area (Å²) < 4.78 is 1.58. The van der Waals surface area contributed by atoms with Crippen molar-refractivity contribution in [3.8, 4) is 5.69 Å². The number of carbonyl (C=O) groups is 2. The quantitative estimate of drug-likeness (QED) is 0.674. The number of benzene rings is 2.